The van der Waals surface area contributed by atoms with Gasteiger partial charge < -0.3 is 9.64 Å². The van der Waals surface area contributed by atoms with Gasteiger partial charge in [-0.15, -0.1) is 0 Å². The molecule has 1 aromatic rings. The number of carbonyl (C=O) groups excluding carboxylic acids is 1. The lowest BCUT2D eigenvalue weighted by Crippen LogP contribution is -2.48. The lowest BCUT2D eigenvalue weighted by Gasteiger charge is -2.36. The maximum Gasteiger partial charge on any atom is 0.410 e. The largest absolute Gasteiger partial charge is 0.444 e. The van der Waals surface area contributed by atoms with Crippen LogP contribution in [-0.4, -0.2) is 55.5 Å². The van der Waals surface area contributed by atoms with Crippen molar-refractivity contribution in [2.75, 3.05) is 20.1 Å². The average Bonchev–Trinajstić information content (AvgIpc) is 2.52. The number of sulfonamides is 1. The van der Waals surface area contributed by atoms with Crippen molar-refractivity contribution in [1.29, 1.82) is 0 Å². The van der Waals surface area contributed by atoms with E-state index < -0.39 is 32.4 Å². The molecule has 1 aromatic carbocycles. The zero-order chi connectivity index (χ0) is 19.7. The molecule has 1 amide bonds. The Hall–Kier alpha value is -1.38. The maximum absolute atomic E-state index is 14.0. The Morgan fingerprint density at radius 1 is 1.31 bits per heavy atom. The molecule has 0 aromatic heterocycles. The summed E-state index contributed by atoms with van der Waals surface area (Å²) in [7, 11) is -2.56. The predicted octanol–water partition coefficient (Wildman–Crippen LogP) is 3.50. The van der Waals surface area contributed by atoms with Crippen LogP contribution in [0.5, 0.6) is 0 Å². The van der Waals surface area contributed by atoms with E-state index in [9.17, 15) is 17.6 Å². The highest BCUT2D eigenvalue weighted by Gasteiger charge is 2.34. The molecule has 6 nitrogen and oxygen atoms in total. The first-order valence-electron chi connectivity index (χ1n) is 8.33. The number of hydrogen-bond acceptors (Lipinski definition) is 4. The number of benzene rings is 1. The smallest absolute Gasteiger partial charge is 0.410 e. The average molecular weight is 407 g/mol. The molecule has 0 unspecified atom stereocenters. The van der Waals surface area contributed by atoms with Gasteiger partial charge >= 0.3 is 6.09 Å². The van der Waals surface area contributed by atoms with Gasteiger partial charge in [0.25, 0.3) is 0 Å². The van der Waals surface area contributed by atoms with Crippen molar-refractivity contribution in [3.63, 3.8) is 0 Å². The molecule has 146 valence electrons. The quantitative estimate of drug-likeness (QED) is 0.770. The highest BCUT2D eigenvalue weighted by atomic mass is 35.5. The minimum atomic E-state index is -3.99. The van der Waals surface area contributed by atoms with Crippen molar-refractivity contribution in [3.8, 4) is 0 Å². The van der Waals surface area contributed by atoms with E-state index in [1.807, 2.05) is 0 Å². The van der Waals surface area contributed by atoms with Gasteiger partial charge in [0.2, 0.25) is 10.0 Å². The van der Waals surface area contributed by atoms with Crippen LogP contribution in [0.3, 0.4) is 0 Å². The Labute approximate surface area is 158 Å². The summed E-state index contributed by atoms with van der Waals surface area (Å²) in [6.45, 7) is 6.13. The number of carbonyl (C=O) groups is 1. The third kappa shape index (κ3) is 4.86. The van der Waals surface area contributed by atoms with Crippen molar-refractivity contribution in [3.05, 3.63) is 29.0 Å². The molecule has 1 saturated heterocycles. The monoisotopic (exact) mass is 406 g/mol. The van der Waals surface area contributed by atoms with Crippen LogP contribution in [0, 0.1) is 5.82 Å². The summed E-state index contributed by atoms with van der Waals surface area (Å²) in [5.41, 5.74) is -0.583. The molecule has 1 fully saturated rings. The summed E-state index contributed by atoms with van der Waals surface area (Å²) in [5, 5.41) is 0.134. The molecule has 0 saturated carbocycles. The summed E-state index contributed by atoms with van der Waals surface area (Å²) in [6, 6.07) is 3.16. The van der Waals surface area contributed by atoms with Crippen LogP contribution >= 0.6 is 11.6 Å². The number of hydrogen-bond donors (Lipinski definition) is 0. The molecule has 9 heteroatoms. The third-order valence-corrected chi connectivity index (χ3v) is 6.36. The van der Waals surface area contributed by atoms with E-state index in [-0.39, 0.29) is 11.1 Å². The molecule has 26 heavy (non-hydrogen) atoms. The molecular formula is C17H24ClFN2O4S. The zero-order valence-electron chi connectivity index (χ0n) is 15.3. The number of likely N-dealkylation sites (tertiary alicyclic amines) is 1. The minimum Gasteiger partial charge on any atom is -0.444 e. The van der Waals surface area contributed by atoms with Gasteiger partial charge in [0.05, 0.1) is 0 Å². The van der Waals surface area contributed by atoms with Crippen LogP contribution in [0.4, 0.5) is 9.18 Å². The summed E-state index contributed by atoms with van der Waals surface area (Å²) in [6.07, 6.45) is 0.485. The first kappa shape index (κ1) is 20.9. The minimum absolute atomic E-state index is 0.134. The van der Waals surface area contributed by atoms with E-state index in [1.54, 1.807) is 25.7 Å². The first-order chi connectivity index (χ1) is 11.9. The van der Waals surface area contributed by atoms with Crippen LogP contribution in [0.1, 0.15) is 33.6 Å². The van der Waals surface area contributed by atoms with E-state index in [1.165, 1.54) is 23.5 Å². The lowest BCUT2D eigenvalue weighted by atomic mass is 10.1. The van der Waals surface area contributed by atoms with Gasteiger partial charge in [-0.2, -0.15) is 4.31 Å². The molecule has 1 aliphatic rings. The van der Waals surface area contributed by atoms with Crippen LogP contribution < -0.4 is 0 Å². The van der Waals surface area contributed by atoms with Gasteiger partial charge in [0, 0.05) is 31.2 Å². The van der Waals surface area contributed by atoms with Gasteiger partial charge in [0.1, 0.15) is 16.3 Å². The van der Waals surface area contributed by atoms with E-state index in [0.29, 0.717) is 25.9 Å². The SMILES string of the molecule is CN(C1CCN(C(=O)OC(C)(C)C)CC1)S(=O)(=O)c1ccc(Cl)cc1F. The van der Waals surface area contributed by atoms with Crippen molar-refractivity contribution >= 4 is 27.7 Å². The molecule has 0 radical (unpaired) electrons. The van der Waals surface area contributed by atoms with Gasteiger partial charge in [-0.3, -0.25) is 0 Å². The second-order valence-electron chi connectivity index (χ2n) is 7.29. The molecule has 0 N–H and O–H groups in total. The number of ether oxygens (including phenoxy) is 1. The highest BCUT2D eigenvalue weighted by molar-refractivity contribution is 7.89. The lowest BCUT2D eigenvalue weighted by molar-refractivity contribution is 0.0183. The van der Waals surface area contributed by atoms with Crippen molar-refractivity contribution in [1.82, 2.24) is 9.21 Å². The Balaban J connectivity index is 2.05. The summed E-state index contributed by atoms with van der Waals surface area (Å²) in [4.78, 5) is 13.3. The molecule has 0 bridgehead atoms. The standard InChI is InChI=1S/C17H24ClFN2O4S/c1-17(2,3)25-16(22)21-9-7-13(8-10-21)20(4)26(23,24)15-6-5-12(18)11-14(15)19/h5-6,11,13H,7-10H2,1-4H3. The second-order valence-corrected chi connectivity index (χ2v) is 9.70. The second kappa shape index (κ2) is 7.70. The van der Waals surface area contributed by atoms with E-state index >= 15 is 0 Å². The van der Waals surface area contributed by atoms with Crippen LogP contribution in [0.15, 0.2) is 23.1 Å². The van der Waals surface area contributed by atoms with E-state index in [2.05, 4.69) is 0 Å². The van der Waals surface area contributed by atoms with Crippen LogP contribution in [-0.2, 0) is 14.8 Å². The van der Waals surface area contributed by atoms with Gasteiger partial charge in [-0.05, 0) is 51.8 Å². The van der Waals surface area contributed by atoms with Crippen molar-refractivity contribution in [2.24, 2.45) is 0 Å². The molecule has 1 heterocycles. The maximum atomic E-state index is 14.0. The third-order valence-electron chi connectivity index (χ3n) is 4.18. The van der Waals surface area contributed by atoms with E-state index in [0.717, 1.165) is 6.07 Å². The van der Waals surface area contributed by atoms with E-state index in [4.69, 9.17) is 16.3 Å². The molecule has 0 aliphatic carbocycles. The van der Waals surface area contributed by atoms with Crippen molar-refractivity contribution in [2.45, 2.75) is 50.2 Å². The van der Waals surface area contributed by atoms with Gasteiger partial charge in [-0.1, -0.05) is 11.6 Å². The summed E-state index contributed by atoms with van der Waals surface area (Å²) < 4.78 is 45.9. The summed E-state index contributed by atoms with van der Waals surface area (Å²) in [5.74, 6) is -0.879. The fourth-order valence-electron chi connectivity index (χ4n) is 2.77. The molecule has 0 spiro atoms. The number of nitrogens with zero attached hydrogens (tertiary/aromatic N) is 2. The molecule has 2 rings (SSSR count). The topological polar surface area (TPSA) is 66.9 Å². The normalized spacial score (nSPS) is 16.8. The first-order valence-corrected chi connectivity index (χ1v) is 10.1. The Morgan fingerprint density at radius 2 is 1.88 bits per heavy atom. The fraction of sp³-hybridized carbons (Fsp3) is 0.588. The zero-order valence-corrected chi connectivity index (χ0v) is 16.9. The summed E-state index contributed by atoms with van der Waals surface area (Å²) >= 11 is 5.69. The van der Waals surface area contributed by atoms with Crippen LogP contribution in [0.2, 0.25) is 5.02 Å². The number of piperidine rings is 1. The Bertz CT molecular complexity index is 771. The van der Waals surface area contributed by atoms with Crippen LogP contribution in [0.25, 0.3) is 0 Å². The highest BCUT2D eigenvalue weighted by Crippen LogP contribution is 2.26. The molecule has 1 aliphatic heterocycles. The molecular weight excluding hydrogens is 383 g/mol. The van der Waals surface area contributed by atoms with Crippen molar-refractivity contribution < 1.29 is 22.3 Å². The predicted molar refractivity (Wildman–Crippen MR) is 97.2 cm³/mol. The molecule has 0 atom stereocenters. The number of rotatable bonds is 3. The fourth-order valence-corrected chi connectivity index (χ4v) is 4.39. The van der Waals surface area contributed by atoms with Gasteiger partial charge in [0.15, 0.2) is 0 Å². The van der Waals surface area contributed by atoms with Gasteiger partial charge in [-0.25, -0.2) is 17.6 Å². The number of halogens is 2. The Kier molecular flexibility index (Phi) is 6.20. The Morgan fingerprint density at radius 3 is 2.38 bits per heavy atom. The number of amides is 1.